The van der Waals surface area contributed by atoms with Crippen molar-refractivity contribution in [3.05, 3.63) is 11.4 Å². The number of anilines is 1. The summed E-state index contributed by atoms with van der Waals surface area (Å²) >= 11 is 0. The van der Waals surface area contributed by atoms with Crippen LogP contribution in [0.4, 0.5) is 5.95 Å². The minimum atomic E-state index is 0.633. The highest BCUT2D eigenvalue weighted by atomic mass is 15.2. The van der Waals surface area contributed by atoms with E-state index in [2.05, 4.69) is 34.3 Å². The molecule has 0 saturated carbocycles. The van der Waals surface area contributed by atoms with Gasteiger partial charge in [-0.3, -0.25) is 0 Å². The number of aromatic nitrogens is 3. The van der Waals surface area contributed by atoms with Crippen molar-refractivity contribution >= 4 is 5.95 Å². The standard InChI is InChI=1S/C10H18N4/c1-7(2)5-6-11-10-12-8(3)9(4)13-14-10/h7H,5-6H2,1-4H3,(H,11,12,14). The molecule has 4 heteroatoms. The number of aryl methyl sites for hydroxylation is 2. The van der Waals surface area contributed by atoms with E-state index in [4.69, 9.17) is 0 Å². The highest BCUT2D eigenvalue weighted by Crippen LogP contribution is 2.03. The minimum Gasteiger partial charge on any atom is -0.353 e. The molecule has 14 heavy (non-hydrogen) atoms. The number of hydrogen-bond donors (Lipinski definition) is 1. The van der Waals surface area contributed by atoms with Gasteiger partial charge in [-0.25, -0.2) is 4.98 Å². The summed E-state index contributed by atoms with van der Waals surface area (Å²) in [6.07, 6.45) is 1.12. The van der Waals surface area contributed by atoms with Gasteiger partial charge in [-0.15, -0.1) is 5.10 Å². The smallest absolute Gasteiger partial charge is 0.242 e. The van der Waals surface area contributed by atoms with Crippen molar-refractivity contribution < 1.29 is 0 Å². The molecule has 78 valence electrons. The Morgan fingerprint density at radius 1 is 1.14 bits per heavy atom. The largest absolute Gasteiger partial charge is 0.353 e. The van der Waals surface area contributed by atoms with E-state index in [1.807, 2.05) is 13.8 Å². The summed E-state index contributed by atoms with van der Waals surface area (Å²) in [5.41, 5.74) is 1.83. The van der Waals surface area contributed by atoms with Gasteiger partial charge in [-0.2, -0.15) is 5.10 Å². The van der Waals surface area contributed by atoms with Crippen molar-refractivity contribution in [1.82, 2.24) is 15.2 Å². The third kappa shape index (κ3) is 3.28. The predicted molar refractivity (Wildman–Crippen MR) is 57.2 cm³/mol. The van der Waals surface area contributed by atoms with Crippen LogP contribution in [0.1, 0.15) is 31.7 Å². The highest BCUT2D eigenvalue weighted by molar-refractivity contribution is 5.24. The monoisotopic (exact) mass is 194 g/mol. The van der Waals surface area contributed by atoms with Crippen LogP contribution in [0, 0.1) is 19.8 Å². The van der Waals surface area contributed by atoms with Crippen molar-refractivity contribution in [3.63, 3.8) is 0 Å². The quantitative estimate of drug-likeness (QED) is 0.796. The maximum absolute atomic E-state index is 4.28. The van der Waals surface area contributed by atoms with Crippen LogP contribution in [0.25, 0.3) is 0 Å². The van der Waals surface area contributed by atoms with E-state index in [1.54, 1.807) is 0 Å². The molecule has 0 aliphatic carbocycles. The molecule has 0 amide bonds. The van der Waals surface area contributed by atoms with Gasteiger partial charge in [0, 0.05) is 6.54 Å². The first-order valence-electron chi connectivity index (χ1n) is 5.01. The number of nitrogens with one attached hydrogen (secondary N) is 1. The zero-order valence-electron chi connectivity index (χ0n) is 9.33. The Bertz CT molecular complexity index is 296. The highest BCUT2D eigenvalue weighted by Gasteiger charge is 2.00. The fourth-order valence-electron chi connectivity index (χ4n) is 1.00. The summed E-state index contributed by atoms with van der Waals surface area (Å²) < 4.78 is 0. The fourth-order valence-corrected chi connectivity index (χ4v) is 1.00. The molecule has 0 atom stereocenters. The molecule has 0 bridgehead atoms. The number of hydrogen-bond acceptors (Lipinski definition) is 4. The summed E-state index contributed by atoms with van der Waals surface area (Å²) in [5, 5.41) is 11.1. The topological polar surface area (TPSA) is 50.7 Å². The lowest BCUT2D eigenvalue weighted by Crippen LogP contribution is -2.09. The number of rotatable bonds is 4. The average molecular weight is 194 g/mol. The molecule has 4 nitrogen and oxygen atoms in total. The second-order valence-electron chi connectivity index (χ2n) is 3.92. The van der Waals surface area contributed by atoms with Gasteiger partial charge < -0.3 is 5.32 Å². The minimum absolute atomic E-state index is 0.633. The summed E-state index contributed by atoms with van der Waals surface area (Å²) in [7, 11) is 0. The van der Waals surface area contributed by atoms with Crippen LogP contribution in [0.5, 0.6) is 0 Å². The van der Waals surface area contributed by atoms with E-state index >= 15 is 0 Å². The van der Waals surface area contributed by atoms with Crippen LogP contribution in [-0.2, 0) is 0 Å². The summed E-state index contributed by atoms with van der Waals surface area (Å²) in [6.45, 7) is 9.15. The lowest BCUT2D eigenvalue weighted by molar-refractivity contribution is 0.605. The van der Waals surface area contributed by atoms with E-state index in [-0.39, 0.29) is 0 Å². The first kappa shape index (κ1) is 10.9. The lowest BCUT2D eigenvalue weighted by Gasteiger charge is -2.06. The van der Waals surface area contributed by atoms with Crippen molar-refractivity contribution in [1.29, 1.82) is 0 Å². The predicted octanol–water partition coefficient (Wildman–Crippen LogP) is 1.95. The average Bonchev–Trinajstić information content (AvgIpc) is 2.10. The van der Waals surface area contributed by atoms with Crippen molar-refractivity contribution in [2.45, 2.75) is 34.1 Å². The Morgan fingerprint density at radius 3 is 2.43 bits per heavy atom. The van der Waals surface area contributed by atoms with Crippen LogP contribution >= 0.6 is 0 Å². The van der Waals surface area contributed by atoms with Crippen LogP contribution in [0.3, 0.4) is 0 Å². The van der Waals surface area contributed by atoms with Gasteiger partial charge in [0.15, 0.2) is 0 Å². The Labute approximate surface area is 85.2 Å². The third-order valence-corrected chi connectivity index (χ3v) is 2.10. The molecular formula is C10H18N4. The lowest BCUT2D eigenvalue weighted by atomic mass is 10.1. The molecule has 0 radical (unpaired) electrons. The van der Waals surface area contributed by atoms with E-state index in [1.165, 1.54) is 0 Å². The van der Waals surface area contributed by atoms with E-state index in [9.17, 15) is 0 Å². The molecule has 0 saturated heterocycles. The maximum Gasteiger partial charge on any atom is 0.242 e. The molecule has 1 aromatic heterocycles. The van der Waals surface area contributed by atoms with Crippen LogP contribution in [0.15, 0.2) is 0 Å². The fraction of sp³-hybridized carbons (Fsp3) is 0.700. The molecule has 0 unspecified atom stereocenters. The molecule has 1 heterocycles. The first-order valence-corrected chi connectivity index (χ1v) is 5.01. The molecule has 0 spiro atoms. The Morgan fingerprint density at radius 2 is 1.86 bits per heavy atom. The van der Waals surface area contributed by atoms with Crippen molar-refractivity contribution in [3.8, 4) is 0 Å². The summed E-state index contributed by atoms with van der Waals surface area (Å²) in [6, 6.07) is 0. The van der Waals surface area contributed by atoms with Gasteiger partial charge in [0.25, 0.3) is 0 Å². The zero-order chi connectivity index (χ0) is 10.6. The normalized spacial score (nSPS) is 10.6. The molecule has 1 rings (SSSR count). The maximum atomic E-state index is 4.28. The van der Waals surface area contributed by atoms with Gasteiger partial charge in [-0.1, -0.05) is 13.8 Å². The Hall–Kier alpha value is -1.19. The summed E-state index contributed by atoms with van der Waals surface area (Å²) in [5.74, 6) is 1.33. The molecule has 1 aromatic rings. The van der Waals surface area contributed by atoms with Crippen LogP contribution < -0.4 is 5.32 Å². The van der Waals surface area contributed by atoms with Gasteiger partial charge >= 0.3 is 0 Å². The SMILES string of the molecule is Cc1nnc(NCCC(C)C)nc1C. The zero-order valence-corrected chi connectivity index (χ0v) is 9.33. The molecule has 1 N–H and O–H groups in total. The molecule has 0 aromatic carbocycles. The van der Waals surface area contributed by atoms with E-state index in [0.29, 0.717) is 11.9 Å². The summed E-state index contributed by atoms with van der Waals surface area (Å²) in [4.78, 5) is 4.28. The second kappa shape index (κ2) is 4.88. The van der Waals surface area contributed by atoms with Crippen LogP contribution in [-0.4, -0.2) is 21.7 Å². The second-order valence-corrected chi connectivity index (χ2v) is 3.92. The molecular weight excluding hydrogens is 176 g/mol. The molecule has 0 aliphatic rings. The first-order chi connectivity index (χ1) is 6.59. The molecule has 0 aliphatic heterocycles. The van der Waals surface area contributed by atoms with Crippen molar-refractivity contribution in [2.75, 3.05) is 11.9 Å². The number of nitrogens with zero attached hydrogens (tertiary/aromatic N) is 3. The van der Waals surface area contributed by atoms with Gasteiger partial charge in [-0.05, 0) is 26.2 Å². The van der Waals surface area contributed by atoms with Crippen LogP contribution in [0.2, 0.25) is 0 Å². The van der Waals surface area contributed by atoms with E-state index in [0.717, 1.165) is 24.4 Å². The van der Waals surface area contributed by atoms with Gasteiger partial charge in [0.1, 0.15) is 0 Å². The van der Waals surface area contributed by atoms with Gasteiger partial charge in [0.05, 0.1) is 11.4 Å². The Kier molecular flexibility index (Phi) is 3.80. The molecule has 0 fully saturated rings. The third-order valence-electron chi connectivity index (χ3n) is 2.10. The van der Waals surface area contributed by atoms with Gasteiger partial charge in [0.2, 0.25) is 5.95 Å². The Balaban J connectivity index is 2.47. The van der Waals surface area contributed by atoms with Crippen molar-refractivity contribution in [2.24, 2.45) is 5.92 Å². The van der Waals surface area contributed by atoms with E-state index < -0.39 is 0 Å².